The van der Waals surface area contributed by atoms with Crippen LogP contribution in [0.1, 0.15) is 62.3 Å². The smallest absolute Gasteiger partial charge is 0.344 e. The van der Waals surface area contributed by atoms with Crippen molar-refractivity contribution in [2.45, 2.75) is 62.4 Å². The van der Waals surface area contributed by atoms with Crippen molar-refractivity contribution in [3.63, 3.8) is 0 Å². The summed E-state index contributed by atoms with van der Waals surface area (Å²) in [5.41, 5.74) is -2.91. The molecule has 0 fully saturated rings. The normalized spacial score (nSPS) is 12.9. The molecule has 14 heteroatoms. The fraction of sp³-hybridized carbons (Fsp3) is 0.364. The highest BCUT2D eigenvalue weighted by Gasteiger charge is 2.34. The minimum Gasteiger partial charge on any atom is -0.478 e. The molecule has 2 rings (SSSR count). The SMILES string of the molecule is CC(C)(C)NS(=O)(=O)c1ccc(Br)cc1C(=O)Oc1cc(Br)cc(C(=O)O)c1S(=O)(=O)NC(C)(C)C. The van der Waals surface area contributed by atoms with Crippen LogP contribution in [-0.2, 0) is 20.0 Å². The minimum absolute atomic E-state index is 0.119. The Kier molecular flexibility index (Phi) is 8.86. The van der Waals surface area contributed by atoms with Gasteiger partial charge in [-0.15, -0.1) is 0 Å². The van der Waals surface area contributed by atoms with Gasteiger partial charge >= 0.3 is 11.9 Å². The number of carboxylic acid groups (broad SMARTS) is 1. The minimum atomic E-state index is -4.51. The Morgan fingerprint density at radius 3 is 1.81 bits per heavy atom. The fourth-order valence-electron chi connectivity index (χ4n) is 3.04. The summed E-state index contributed by atoms with van der Waals surface area (Å²) in [4.78, 5) is 24.0. The van der Waals surface area contributed by atoms with E-state index in [-0.39, 0.29) is 4.47 Å². The molecule has 0 amide bonds. The molecule has 0 unspecified atom stereocenters. The van der Waals surface area contributed by atoms with Crippen LogP contribution in [0.25, 0.3) is 0 Å². The molecule has 198 valence electrons. The maximum Gasteiger partial charge on any atom is 0.344 e. The van der Waals surface area contributed by atoms with E-state index in [9.17, 15) is 31.5 Å². The second-order valence-corrected chi connectivity index (χ2v) is 14.9. The lowest BCUT2D eigenvalue weighted by Crippen LogP contribution is -2.41. The first-order chi connectivity index (χ1) is 16.1. The molecule has 0 heterocycles. The molecule has 0 aliphatic heterocycles. The van der Waals surface area contributed by atoms with Gasteiger partial charge in [0, 0.05) is 20.0 Å². The molecule has 0 aromatic heterocycles. The van der Waals surface area contributed by atoms with E-state index in [1.54, 1.807) is 41.5 Å². The lowest BCUT2D eigenvalue weighted by atomic mass is 10.1. The summed E-state index contributed by atoms with van der Waals surface area (Å²) in [5, 5.41) is 9.68. The van der Waals surface area contributed by atoms with Crippen LogP contribution >= 0.6 is 31.9 Å². The Labute approximate surface area is 227 Å². The van der Waals surface area contributed by atoms with E-state index in [0.29, 0.717) is 4.47 Å². The van der Waals surface area contributed by atoms with Crippen molar-refractivity contribution >= 4 is 63.8 Å². The number of carbonyl (C=O) groups is 2. The van der Waals surface area contributed by atoms with Crippen LogP contribution in [0.2, 0.25) is 0 Å². The molecule has 10 nitrogen and oxygen atoms in total. The van der Waals surface area contributed by atoms with Crippen molar-refractivity contribution < 1.29 is 36.3 Å². The number of carboxylic acids is 1. The second kappa shape index (κ2) is 10.5. The molecule has 2 aromatic carbocycles. The lowest BCUT2D eigenvalue weighted by molar-refractivity contribution is 0.0678. The summed E-state index contributed by atoms with van der Waals surface area (Å²) >= 11 is 6.28. The molecule has 2 aromatic rings. The van der Waals surface area contributed by atoms with Gasteiger partial charge in [-0.2, -0.15) is 0 Å². The van der Waals surface area contributed by atoms with Crippen molar-refractivity contribution in [2.24, 2.45) is 0 Å². The van der Waals surface area contributed by atoms with E-state index in [2.05, 4.69) is 41.3 Å². The standard InChI is InChI=1S/C22H26Br2N2O8S2/c1-21(2,3)25-35(30,31)17-8-7-12(23)9-14(17)20(29)34-16-11-13(24)10-15(19(27)28)18(16)36(32,33)26-22(4,5)6/h7-11,25-26H,1-6H3,(H,27,28). The largest absolute Gasteiger partial charge is 0.478 e. The van der Waals surface area contributed by atoms with Crippen LogP contribution in [0, 0.1) is 0 Å². The first-order valence-electron chi connectivity index (χ1n) is 10.3. The average Bonchev–Trinajstić information content (AvgIpc) is 2.62. The van der Waals surface area contributed by atoms with E-state index in [0.717, 1.165) is 12.1 Å². The topological polar surface area (TPSA) is 156 Å². The summed E-state index contributed by atoms with van der Waals surface area (Å²) in [7, 11) is -8.71. The van der Waals surface area contributed by atoms with Gasteiger partial charge in [0.15, 0.2) is 5.75 Å². The molecule has 0 spiro atoms. The van der Waals surface area contributed by atoms with E-state index in [1.807, 2.05) is 0 Å². The van der Waals surface area contributed by atoms with Gasteiger partial charge < -0.3 is 9.84 Å². The van der Waals surface area contributed by atoms with Gasteiger partial charge in [-0.3, -0.25) is 0 Å². The Balaban J connectivity index is 2.73. The highest BCUT2D eigenvalue weighted by molar-refractivity contribution is 9.10. The van der Waals surface area contributed by atoms with Crippen molar-refractivity contribution in [3.05, 3.63) is 50.4 Å². The van der Waals surface area contributed by atoms with Crippen LogP contribution in [-0.4, -0.2) is 45.0 Å². The number of esters is 1. The molecule has 0 atom stereocenters. The highest BCUT2D eigenvalue weighted by Crippen LogP contribution is 2.34. The summed E-state index contributed by atoms with van der Waals surface area (Å²) in [6.45, 7) is 9.52. The predicted octanol–water partition coefficient (Wildman–Crippen LogP) is 4.28. The third-order valence-electron chi connectivity index (χ3n) is 4.05. The number of hydrogen-bond donors (Lipinski definition) is 3. The number of rotatable bonds is 7. The van der Waals surface area contributed by atoms with Gasteiger partial charge in [-0.05, 0) is 71.9 Å². The second-order valence-electron chi connectivity index (χ2n) is 9.83. The van der Waals surface area contributed by atoms with Crippen molar-refractivity contribution in [1.29, 1.82) is 0 Å². The maximum atomic E-state index is 13.2. The number of ether oxygens (including phenoxy) is 1. The van der Waals surface area contributed by atoms with Gasteiger partial charge in [-0.1, -0.05) is 31.9 Å². The summed E-state index contributed by atoms with van der Waals surface area (Å²) in [5.74, 6) is -3.40. The van der Waals surface area contributed by atoms with E-state index in [4.69, 9.17) is 4.74 Å². The number of sulfonamides is 2. The van der Waals surface area contributed by atoms with Crippen LogP contribution in [0.4, 0.5) is 0 Å². The number of nitrogens with one attached hydrogen (secondary N) is 2. The first kappa shape index (κ1) is 30.4. The Morgan fingerprint density at radius 1 is 0.806 bits per heavy atom. The lowest BCUT2D eigenvalue weighted by Gasteiger charge is -2.23. The molecular weight excluding hydrogens is 644 g/mol. The van der Waals surface area contributed by atoms with E-state index >= 15 is 0 Å². The molecule has 0 aliphatic carbocycles. The molecular formula is C22H26Br2N2O8S2. The average molecular weight is 670 g/mol. The van der Waals surface area contributed by atoms with Crippen LogP contribution in [0.15, 0.2) is 49.1 Å². The molecule has 0 aliphatic rings. The Morgan fingerprint density at radius 2 is 1.31 bits per heavy atom. The third-order valence-corrected chi connectivity index (χ3v) is 8.66. The Bertz CT molecular complexity index is 1430. The fourth-order valence-corrected chi connectivity index (χ4v) is 7.15. The van der Waals surface area contributed by atoms with Crippen molar-refractivity contribution in [3.8, 4) is 5.75 Å². The quantitative estimate of drug-likeness (QED) is 0.291. The molecule has 0 bridgehead atoms. The van der Waals surface area contributed by atoms with Gasteiger partial charge in [0.05, 0.1) is 16.0 Å². The molecule has 3 N–H and O–H groups in total. The first-order valence-corrected chi connectivity index (χ1v) is 14.8. The zero-order chi connectivity index (χ0) is 27.9. The number of halogens is 2. The molecule has 36 heavy (non-hydrogen) atoms. The van der Waals surface area contributed by atoms with Crippen LogP contribution in [0.5, 0.6) is 5.75 Å². The molecule has 0 radical (unpaired) electrons. The third kappa shape index (κ3) is 7.83. The Hall–Kier alpha value is -1.84. The zero-order valence-corrected chi connectivity index (χ0v) is 25.1. The van der Waals surface area contributed by atoms with E-state index in [1.165, 1.54) is 18.2 Å². The van der Waals surface area contributed by atoms with Crippen molar-refractivity contribution in [1.82, 2.24) is 9.44 Å². The summed E-state index contributed by atoms with van der Waals surface area (Å²) < 4.78 is 62.9. The summed E-state index contributed by atoms with van der Waals surface area (Å²) in [6, 6.07) is 5.98. The molecule has 0 saturated carbocycles. The number of hydrogen-bond acceptors (Lipinski definition) is 7. The van der Waals surface area contributed by atoms with Gasteiger partial charge in [0.2, 0.25) is 20.0 Å². The van der Waals surface area contributed by atoms with Gasteiger partial charge in [0.1, 0.15) is 4.90 Å². The molecule has 0 saturated heterocycles. The monoisotopic (exact) mass is 668 g/mol. The van der Waals surface area contributed by atoms with E-state index < -0.39 is 69.7 Å². The van der Waals surface area contributed by atoms with Crippen LogP contribution < -0.4 is 14.2 Å². The predicted molar refractivity (Wildman–Crippen MR) is 140 cm³/mol. The van der Waals surface area contributed by atoms with Crippen LogP contribution in [0.3, 0.4) is 0 Å². The number of benzene rings is 2. The van der Waals surface area contributed by atoms with Gasteiger partial charge in [-0.25, -0.2) is 35.9 Å². The number of carbonyl (C=O) groups excluding carboxylic acids is 1. The zero-order valence-electron chi connectivity index (χ0n) is 20.3. The van der Waals surface area contributed by atoms with Gasteiger partial charge in [0.25, 0.3) is 0 Å². The summed E-state index contributed by atoms with van der Waals surface area (Å²) in [6.07, 6.45) is 0. The van der Waals surface area contributed by atoms with Crippen molar-refractivity contribution in [2.75, 3.05) is 0 Å². The maximum absolute atomic E-state index is 13.2. The highest BCUT2D eigenvalue weighted by atomic mass is 79.9. The number of aromatic carboxylic acids is 1.